The van der Waals surface area contributed by atoms with E-state index >= 15 is 0 Å². The number of carbonyl (C=O) groups is 1. The third-order valence-corrected chi connectivity index (χ3v) is 3.00. The molecule has 1 aromatic heterocycles. The molecule has 1 heterocycles. The van der Waals surface area contributed by atoms with Crippen LogP contribution >= 0.6 is 0 Å². The summed E-state index contributed by atoms with van der Waals surface area (Å²) in [5.41, 5.74) is 1.52. The van der Waals surface area contributed by atoms with Crippen LogP contribution in [-0.2, 0) is 6.54 Å². The number of aromatic amines is 1. The summed E-state index contributed by atoms with van der Waals surface area (Å²) in [6.45, 7) is 1.94. The molecule has 2 aromatic rings. The highest BCUT2D eigenvalue weighted by Gasteiger charge is 2.10. The van der Waals surface area contributed by atoms with Crippen molar-refractivity contribution in [2.24, 2.45) is 0 Å². The number of urea groups is 1. The molecule has 0 spiro atoms. The molecule has 6 heteroatoms. The molecule has 0 fully saturated rings. The first kappa shape index (κ1) is 14.8. The number of hydrogen-bond donors (Lipinski definition) is 2. The topological polar surface area (TPSA) is 65.2 Å². The van der Waals surface area contributed by atoms with Crippen LogP contribution in [0, 0.1) is 12.7 Å². The predicted octanol–water partition coefficient (Wildman–Crippen LogP) is 2.49. The summed E-state index contributed by atoms with van der Waals surface area (Å²) in [5.74, 6) is -0.336. The number of aromatic nitrogens is 1. The first-order valence-corrected chi connectivity index (χ1v) is 6.41. The summed E-state index contributed by atoms with van der Waals surface area (Å²) >= 11 is 0. The molecule has 0 unspecified atom stereocenters. The quantitative estimate of drug-likeness (QED) is 0.911. The summed E-state index contributed by atoms with van der Waals surface area (Å²) in [6.07, 6.45) is 1.43. The van der Waals surface area contributed by atoms with Gasteiger partial charge in [-0.05, 0) is 30.7 Å². The predicted molar refractivity (Wildman–Crippen MR) is 78.7 cm³/mol. The Labute approximate surface area is 121 Å². The number of H-pyrrole nitrogens is 1. The standard InChI is InChI=1S/C15H16FN3O2/c1-10-6-13(8-17-14(10)20)18-15(21)19(2)9-11-4-3-5-12(16)7-11/h3-8H,9H2,1-2H3,(H,17,20)(H,18,21). The maximum atomic E-state index is 13.1. The summed E-state index contributed by atoms with van der Waals surface area (Å²) in [5, 5.41) is 2.67. The second-order valence-corrected chi connectivity index (χ2v) is 4.82. The Bertz CT molecular complexity index is 712. The largest absolute Gasteiger partial charge is 0.327 e. The molecule has 0 aliphatic heterocycles. The van der Waals surface area contributed by atoms with Crippen molar-refractivity contribution in [3.05, 3.63) is 63.8 Å². The van der Waals surface area contributed by atoms with E-state index in [1.165, 1.54) is 23.2 Å². The molecule has 2 amide bonds. The van der Waals surface area contributed by atoms with Crippen LogP contribution in [0.15, 0.2) is 41.3 Å². The SMILES string of the molecule is Cc1cc(NC(=O)N(C)Cc2cccc(F)c2)c[nH]c1=O. The molecule has 0 bridgehead atoms. The minimum Gasteiger partial charge on any atom is -0.327 e. The van der Waals surface area contributed by atoms with E-state index in [1.54, 1.807) is 32.2 Å². The Hall–Kier alpha value is -2.63. The zero-order valence-electron chi connectivity index (χ0n) is 11.8. The van der Waals surface area contributed by atoms with Gasteiger partial charge in [0.2, 0.25) is 0 Å². The fourth-order valence-corrected chi connectivity index (χ4v) is 1.87. The second kappa shape index (κ2) is 6.21. The van der Waals surface area contributed by atoms with Crippen molar-refractivity contribution in [3.8, 4) is 0 Å². The number of rotatable bonds is 3. The Morgan fingerprint density at radius 1 is 1.38 bits per heavy atom. The van der Waals surface area contributed by atoms with Crippen LogP contribution in [0.5, 0.6) is 0 Å². The molecular formula is C15H16FN3O2. The maximum Gasteiger partial charge on any atom is 0.321 e. The van der Waals surface area contributed by atoms with Crippen molar-refractivity contribution >= 4 is 11.7 Å². The molecule has 21 heavy (non-hydrogen) atoms. The van der Waals surface area contributed by atoms with Crippen LogP contribution in [0.4, 0.5) is 14.9 Å². The number of hydrogen-bond acceptors (Lipinski definition) is 2. The van der Waals surface area contributed by atoms with Crippen LogP contribution in [0.2, 0.25) is 0 Å². The van der Waals surface area contributed by atoms with Gasteiger partial charge in [0, 0.05) is 25.4 Å². The van der Waals surface area contributed by atoms with Gasteiger partial charge in [0.05, 0.1) is 5.69 Å². The van der Waals surface area contributed by atoms with Crippen LogP contribution < -0.4 is 10.9 Å². The molecule has 0 atom stereocenters. The molecule has 1 aromatic carbocycles. The first-order chi connectivity index (χ1) is 9.95. The number of halogens is 1. The van der Waals surface area contributed by atoms with Gasteiger partial charge in [0.15, 0.2) is 0 Å². The fourth-order valence-electron chi connectivity index (χ4n) is 1.87. The van der Waals surface area contributed by atoms with Crippen molar-refractivity contribution in [1.82, 2.24) is 9.88 Å². The van der Waals surface area contributed by atoms with Gasteiger partial charge in [-0.15, -0.1) is 0 Å². The van der Waals surface area contributed by atoms with Gasteiger partial charge in [-0.25, -0.2) is 9.18 Å². The molecule has 0 radical (unpaired) electrons. The van der Waals surface area contributed by atoms with Gasteiger partial charge in [-0.1, -0.05) is 12.1 Å². The highest BCUT2D eigenvalue weighted by Crippen LogP contribution is 2.09. The Kier molecular flexibility index (Phi) is 4.37. The molecule has 0 aliphatic rings. The summed E-state index contributed by atoms with van der Waals surface area (Å²) in [6, 6.07) is 7.33. The third kappa shape index (κ3) is 3.92. The van der Waals surface area contributed by atoms with E-state index in [2.05, 4.69) is 10.3 Å². The number of nitrogens with zero attached hydrogens (tertiary/aromatic N) is 1. The van der Waals surface area contributed by atoms with Crippen LogP contribution in [-0.4, -0.2) is 23.0 Å². The van der Waals surface area contributed by atoms with Crippen LogP contribution in [0.1, 0.15) is 11.1 Å². The van der Waals surface area contributed by atoms with Crippen LogP contribution in [0.25, 0.3) is 0 Å². The fraction of sp³-hybridized carbons (Fsp3) is 0.200. The van der Waals surface area contributed by atoms with Crippen molar-refractivity contribution in [1.29, 1.82) is 0 Å². The number of pyridine rings is 1. The number of aryl methyl sites for hydroxylation is 1. The molecule has 0 saturated heterocycles. The lowest BCUT2D eigenvalue weighted by Gasteiger charge is -2.18. The van der Waals surface area contributed by atoms with E-state index in [0.29, 0.717) is 16.8 Å². The van der Waals surface area contributed by atoms with E-state index in [0.717, 1.165) is 0 Å². The van der Waals surface area contributed by atoms with Gasteiger partial charge in [0.25, 0.3) is 5.56 Å². The lowest BCUT2D eigenvalue weighted by atomic mass is 10.2. The Morgan fingerprint density at radius 2 is 2.14 bits per heavy atom. The van der Waals surface area contributed by atoms with E-state index in [-0.39, 0.29) is 24.0 Å². The summed E-state index contributed by atoms with van der Waals surface area (Å²) in [7, 11) is 1.61. The van der Waals surface area contributed by atoms with Crippen molar-refractivity contribution < 1.29 is 9.18 Å². The molecule has 110 valence electrons. The van der Waals surface area contributed by atoms with Crippen molar-refractivity contribution in [2.45, 2.75) is 13.5 Å². The van der Waals surface area contributed by atoms with E-state index in [4.69, 9.17) is 0 Å². The summed E-state index contributed by atoms with van der Waals surface area (Å²) < 4.78 is 13.1. The van der Waals surface area contributed by atoms with Crippen molar-refractivity contribution in [3.63, 3.8) is 0 Å². The normalized spacial score (nSPS) is 10.2. The van der Waals surface area contributed by atoms with Crippen LogP contribution in [0.3, 0.4) is 0 Å². The first-order valence-electron chi connectivity index (χ1n) is 6.41. The highest BCUT2D eigenvalue weighted by molar-refractivity contribution is 5.88. The minimum absolute atomic E-state index is 0.193. The molecule has 2 rings (SSSR count). The van der Waals surface area contributed by atoms with Gasteiger partial charge >= 0.3 is 6.03 Å². The zero-order valence-corrected chi connectivity index (χ0v) is 11.8. The Balaban J connectivity index is 2.02. The van der Waals surface area contributed by atoms with Gasteiger partial charge < -0.3 is 15.2 Å². The van der Waals surface area contributed by atoms with E-state index in [1.807, 2.05) is 0 Å². The van der Waals surface area contributed by atoms with Gasteiger partial charge in [-0.3, -0.25) is 4.79 Å². The van der Waals surface area contributed by atoms with Crippen molar-refractivity contribution in [2.75, 3.05) is 12.4 Å². The molecule has 2 N–H and O–H groups in total. The molecule has 5 nitrogen and oxygen atoms in total. The second-order valence-electron chi connectivity index (χ2n) is 4.82. The van der Waals surface area contributed by atoms with E-state index in [9.17, 15) is 14.0 Å². The average Bonchev–Trinajstić information content (AvgIpc) is 2.43. The summed E-state index contributed by atoms with van der Waals surface area (Å²) in [4.78, 5) is 27.2. The molecule has 0 aliphatic carbocycles. The van der Waals surface area contributed by atoms with E-state index < -0.39 is 0 Å². The minimum atomic E-state index is -0.342. The molecule has 0 saturated carbocycles. The zero-order chi connectivity index (χ0) is 15.4. The number of benzene rings is 1. The lowest BCUT2D eigenvalue weighted by Crippen LogP contribution is -2.31. The number of amides is 2. The number of nitrogens with one attached hydrogen (secondary N) is 2. The average molecular weight is 289 g/mol. The maximum absolute atomic E-state index is 13.1. The lowest BCUT2D eigenvalue weighted by molar-refractivity contribution is 0.220. The van der Waals surface area contributed by atoms with Gasteiger partial charge in [0.1, 0.15) is 5.82 Å². The number of anilines is 1. The van der Waals surface area contributed by atoms with Gasteiger partial charge in [-0.2, -0.15) is 0 Å². The monoisotopic (exact) mass is 289 g/mol. The smallest absolute Gasteiger partial charge is 0.321 e. The highest BCUT2D eigenvalue weighted by atomic mass is 19.1. The third-order valence-electron chi connectivity index (χ3n) is 3.00. The number of carbonyl (C=O) groups excluding carboxylic acids is 1. The molecular weight excluding hydrogens is 273 g/mol. The Morgan fingerprint density at radius 3 is 2.81 bits per heavy atom.